The molecular formula is C20H26N4OS. The highest BCUT2D eigenvalue weighted by atomic mass is 32.1. The molecule has 2 aliphatic rings. The zero-order valence-corrected chi connectivity index (χ0v) is 16.1. The molecule has 1 saturated heterocycles. The number of hydrogen-bond acceptors (Lipinski definition) is 5. The Morgan fingerprint density at radius 1 is 1.19 bits per heavy atom. The van der Waals surface area contributed by atoms with E-state index in [2.05, 4.69) is 33.2 Å². The lowest BCUT2D eigenvalue weighted by Gasteiger charge is -2.39. The zero-order valence-electron chi connectivity index (χ0n) is 15.3. The number of thiophene rings is 1. The molecule has 1 amide bonds. The van der Waals surface area contributed by atoms with Crippen LogP contribution in [0.1, 0.15) is 29.8 Å². The first-order valence-electron chi connectivity index (χ1n) is 9.50. The Hall–Kier alpha value is -1.92. The molecule has 1 atom stereocenters. The number of aromatic nitrogens is 1. The second kappa shape index (κ2) is 7.76. The summed E-state index contributed by atoms with van der Waals surface area (Å²) in [6, 6.07) is 8.63. The SMILES string of the molecule is CCC1c2ccsc2CCN1CC(=O)N1CCN(c2ccccn2)CC1. The normalized spacial score (nSPS) is 20.9. The van der Waals surface area contributed by atoms with E-state index in [9.17, 15) is 4.79 Å². The van der Waals surface area contributed by atoms with Crippen LogP contribution in [0.5, 0.6) is 0 Å². The fraction of sp³-hybridized carbons (Fsp3) is 0.500. The molecule has 5 nitrogen and oxygen atoms in total. The summed E-state index contributed by atoms with van der Waals surface area (Å²) in [7, 11) is 0. The molecule has 0 spiro atoms. The van der Waals surface area contributed by atoms with Crippen molar-refractivity contribution in [1.29, 1.82) is 0 Å². The van der Waals surface area contributed by atoms with Gasteiger partial charge in [0.15, 0.2) is 0 Å². The van der Waals surface area contributed by atoms with E-state index in [1.165, 1.54) is 10.4 Å². The highest BCUT2D eigenvalue weighted by Gasteiger charge is 2.30. The van der Waals surface area contributed by atoms with Crippen LogP contribution >= 0.6 is 11.3 Å². The number of rotatable bonds is 4. The average molecular weight is 371 g/mol. The molecule has 0 aliphatic carbocycles. The smallest absolute Gasteiger partial charge is 0.236 e. The van der Waals surface area contributed by atoms with Crippen molar-refractivity contribution in [2.75, 3.05) is 44.2 Å². The third kappa shape index (κ3) is 3.48. The first-order valence-corrected chi connectivity index (χ1v) is 10.4. The van der Waals surface area contributed by atoms with Gasteiger partial charge in [-0.1, -0.05) is 13.0 Å². The summed E-state index contributed by atoms with van der Waals surface area (Å²) in [5.74, 6) is 1.27. The molecule has 2 aliphatic heterocycles. The van der Waals surface area contributed by atoms with Crippen LogP contribution in [0.15, 0.2) is 35.8 Å². The maximum Gasteiger partial charge on any atom is 0.236 e. The third-order valence-corrected chi connectivity index (χ3v) is 6.53. The minimum atomic E-state index is 0.266. The second-order valence-corrected chi connectivity index (χ2v) is 8.00. The standard InChI is InChI=1S/C20H26N4OS/c1-2-17-16-7-14-26-18(16)6-9-24(17)15-20(25)23-12-10-22(11-13-23)19-5-3-4-8-21-19/h3-5,7-8,14,17H,2,6,9-13,15H2,1H3. The van der Waals surface area contributed by atoms with Gasteiger partial charge in [-0.3, -0.25) is 9.69 Å². The Labute approximate surface area is 159 Å². The maximum absolute atomic E-state index is 12.9. The van der Waals surface area contributed by atoms with Crippen molar-refractivity contribution >= 4 is 23.1 Å². The molecule has 1 fully saturated rings. The predicted octanol–water partition coefficient (Wildman–Crippen LogP) is 2.80. The molecule has 138 valence electrons. The Morgan fingerprint density at radius 2 is 2.04 bits per heavy atom. The molecular weight excluding hydrogens is 344 g/mol. The third-order valence-electron chi connectivity index (χ3n) is 5.54. The Morgan fingerprint density at radius 3 is 2.77 bits per heavy atom. The van der Waals surface area contributed by atoms with Crippen LogP contribution in [0.3, 0.4) is 0 Å². The number of amides is 1. The Bertz CT molecular complexity index is 739. The summed E-state index contributed by atoms with van der Waals surface area (Å²) in [6.07, 6.45) is 3.96. The van der Waals surface area contributed by atoms with E-state index >= 15 is 0 Å². The van der Waals surface area contributed by atoms with Crippen molar-refractivity contribution in [2.24, 2.45) is 0 Å². The first-order chi connectivity index (χ1) is 12.8. The number of piperazine rings is 1. The quantitative estimate of drug-likeness (QED) is 0.830. The molecule has 6 heteroatoms. The number of hydrogen-bond donors (Lipinski definition) is 0. The van der Waals surface area contributed by atoms with Crippen LogP contribution < -0.4 is 4.90 Å². The lowest BCUT2D eigenvalue weighted by atomic mass is 9.98. The van der Waals surface area contributed by atoms with E-state index in [4.69, 9.17) is 0 Å². The number of fused-ring (bicyclic) bond motifs is 1. The lowest BCUT2D eigenvalue weighted by Crippen LogP contribution is -2.52. The highest BCUT2D eigenvalue weighted by Crippen LogP contribution is 2.35. The van der Waals surface area contributed by atoms with E-state index in [1.54, 1.807) is 0 Å². The van der Waals surface area contributed by atoms with Gasteiger partial charge in [0.2, 0.25) is 5.91 Å². The van der Waals surface area contributed by atoms with E-state index in [0.717, 1.165) is 51.4 Å². The van der Waals surface area contributed by atoms with E-state index < -0.39 is 0 Å². The van der Waals surface area contributed by atoms with Crippen molar-refractivity contribution in [3.05, 3.63) is 46.3 Å². The fourth-order valence-electron chi connectivity index (χ4n) is 4.12. The lowest BCUT2D eigenvalue weighted by molar-refractivity contribution is -0.133. The van der Waals surface area contributed by atoms with Crippen LogP contribution in [0.2, 0.25) is 0 Å². The fourth-order valence-corrected chi connectivity index (χ4v) is 5.04. The van der Waals surface area contributed by atoms with Crippen LogP contribution in [-0.4, -0.2) is 60.0 Å². The van der Waals surface area contributed by atoms with Crippen LogP contribution in [-0.2, 0) is 11.2 Å². The summed E-state index contributed by atoms with van der Waals surface area (Å²) >= 11 is 1.86. The maximum atomic E-state index is 12.9. The molecule has 4 rings (SSSR count). The van der Waals surface area contributed by atoms with Crippen LogP contribution in [0, 0.1) is 0 Å². The van der Waals surface area contributed by atoms with Gasteiger partial charge >= 0.3 is 0 Å². The Kier molecular flexibility index (Phi) is 5.22. The van der Waals surface area contributed by atoms with Gasteiger partial charge in [0, 0.05) is 49.8 Å². The summed E-state index contributed by atoms with van der Waals surface area (Å²) in [6.45, 7) is 7.03. The molecule has 4 heterocycles. The highest BCUT2D eigenvalue weighted by molar-refractivity contribution is 7.10. The number of nitrogens with zero attached hydrogens (tertiary/aromatic N) is 4. The first kappa shape index (κ1) is 17.5. The molecule has 0 bridgehead atoms. The summed E-state index contributed by atoms with van der Waals surface area (Å²) < 4.78 is 0. The van der Waals surface area contributed by atoms with Crippen molar-refractivity contribution in [2.45, 2.75) is 25.8 Å². The van der Waals surface area contributed by atoms with Crippen molar-refractivity contribution in [3.63, 3.8) is 0 Å². The number of pyridine rings is 1. The number of carbonyl (C=O) groups is 1. The van der Waals surface area contributed by atoms with Crippen molar-refractivity contribution < 1.29 is 4.79 Å². The molecule has 0 N–H and O–H groups in total. The van der Waals surface area contributed by atoms with E-state index in [1.807, 2.05) is 40.6 Å². The van der Waals surface area contributed by atoms with E-state index in [-0.39, 0.29) is 5.91 Å². The van der Waals surface area contributed by atoms with Gasteiger partial charge in [-0.05, 0) is 42.0 Å². The second-order valence-electron chi connectivity index (χ2n) is 7.00. The monoisotopic (exact) mass is 370 g/mol. The molecule has 2 aromatic heterocycles. The largest absolute Gasteiger partial charge is 0.353 e. The van der Waals surface area contributed by atoms with Gasteiger partial charge in [-0.25, -0.2) is 4.98 Å². The van der Waals surface area contributed by atoms with Crippen molar-refractivity contribution in [3.8, 4) is 0 Å². The van der Waals surface area contributed by atoms with Gasteiger partial charge in [-0.15, -0.1) is 11.3 Å². The summed E-state index contributed by atoms with van der Waals surface area (Å²) in [5, 5.41) is 2.19. The zero-order chi connectivity index (χ0) is 17.9. The minimum Gasteiger partial charge on any atom is -0.353 e. The van der Waals surface area contributed by atoms with Crippen LogP contribution in [0.4, 0.5) is 5.82 Å². The van der Waals surface area contributed by atoms with Crippen LogP contribution in [0.25, 0.3) is 0 Å². The summed E-state index contributed by atoms with van der Waals surface area (Å²) in [4.78, 5) is 25.5. The van der Waals surface area contributed by atoms with Gasteiger partial charge in [0.25, 0.3) is 0 Å². The number of anilines is 1. The van der Waals surface area contributed by atoms with Crippen molar-refractivity contribution in [1.82, 2.24) is 14.8 Å². The molecule has 26 heavy (non-hydrogen) atoms. The molecule has 0 saturated carbocycles. The van der Waals surface area contributed by atoms with Gasteiger partial charge in [0.05, 0.1) is 6.54 Å². The predicted molar refractivity (Wildman–Crippen MR) is 106 cm³/mol. The minimum absolute atomic E-state index is 0.266. The summed E-state index contributed by atoms with van der Waals surface area (Å²) in [5.41, 5.74) is 1.44. The molecule has 2 aromatic rings. The average Bonchev–Trinajstić information content (AvgIpc) is 3.17. The van der Waals surface area contributed by atoms with Gasteiger partial charge < -0.3 is 9.80 Å². The van der Waals surface area contributed by atoms with Gasteiger partial charge in [0.1, 0.15) is 5.82 Å². The van der Waals surface area contributed by atoms with Gasteiger partial charge in [-0.2, -0.15) is 0 Å². The topological polar surface area (TPSA) is 39.7 Å². The molecule has 0 radical (unpaired) electrons. The Balaban J connectivity index is 1.34. The van der Waals surface area contributed by atoms with E-state index in [0.29, 0.717) is 12.6 Å². The molecule has 0 aromatic carbocycles. The molecule has 1 unspecified atom stereocenters. The number of carbonyl (C=O) groups excluding carboxylic acids is 1.